The van der Waals surface area contributed by atoms with Crippen LogP contribution in [0.4, 0.5) is 0 Å². The van der Waals surface area contributed by atoms with E-state index >= 15 is 0 Å². The minimum absolute atomic E-state index is 0.0960. The van der Waals surface area contributed by atoms with E-state index in [-0.39, 0.29) is 6.42 Å². The number of aryl methyl sites for hydroxylation is 2. The maximum Gasteiger partial charge on any atom is 0.305 e. The van der Waals surface area contributed by atoms with E-state index in [2.05, 4.69) is 0 Å². The first-order chi connectivity index (χ1) is 8.27. The summed E-state index contributed by atoms with van der Waals surface area (Å²) in [7, 11) is 0. The summed E-state index contributed by atoms with van der Waals surface area (Å²) in [6, 6.07) is 3.84. The number of carboxylic acids is 1. The average Bonchev–Trinajstić information content (AvgIpc) is 2.21. The Kier molecular flexibility index (Phi) is 4.35. The summed E-state index contributed by atoms with van der Waals surface area (Å²) in [6.07, 6.45) is -0.0960. The lowest BCUT2D eigenvalue weighted by atomic mass is 9.85. The Morgan fingerprint density at radius 2 is 2.00 bits per heavy atom. The van der Waals surface area contributed by atoms with E-state index in [1.54, 1.807) is 6.92 Å². The van der Waals surface area contributed by atoms with Crippen molar-refractivity contribution in [2.45, 2.75) is 39.7 Å². The minimum Gasteiger partial charge on any atom is -0.494 e. The quantitative estimate of drug-likeness (QED) is 0.842. The van der Waals surface area contributed by atoms with Crippen molar-refractivity contribution in [3.63, 3.8) is 0 Å². The molecule has 3 N–H and O–H groups in total. The Hall–Kier alpha value is -1.55. The molecule has 4 heteroatoms. The summed E-state index contributed by atoms with van der Waals surface area (Å²) >= 11 is 0. The molecule has 0 spiro atoms. The number of hydrogen-bond donors (Lipinski definition) is 2. The van der Waals surface area contributed by atoms with Crippen LogP contribution < -0.4 is 10.5 Å². The molecule has 4 nitrogen and oxygen atoms in total. The maximum atomic E-state index is 10.8. The molecular formula is C14H21NO3. The van der Waals surface area contributed by atoms with Gasteiger partial charge in [-0.15, -0.1) is 0 Å². The molecule has 0 aliphatic rings. The van der Waals surface area contributed by atoms with Gasteiger partial charge >= 0.3 is 5.97 Å². The second kappa shape index (κ2) is 5.40. The van der Waals surface area contributed by atoms with E-state index in [0.717, 1.165) is 22.4 Å². The van der Waals surface area contributed by atoms with Gasteiger partial charge in [0.1, 0.15) is 5.75 Å². The fourth-order valence-electron chi connectivity index (χ4n) is 2.13. The molecule has 0 bridgehead atoms. The van der Waals surface area contributed by atoms with Gasteiger partial charge in [0, 0.05) is 5.54 Å². The summed E-state index contributed by atoms with van der Waals surface area (Å²) in [5.41, 5.74) is 8.02. The first-order valence-corrected chi connectivity index (χ1v) is 6.03. The normalized spacial score (nSPS) is 14.1. The molecule has 18 heavy (non-hydrogen) atoms. The van der Waals surface area contributed by atoms with Crippen molar-refractivity contribution in [2.75, 3.05) is 6.61 Å². The summed E-state index contributed by atoms with van der Waals surface area (Å²) < 4.78 is 5.51. The Morgan fingerprint density at radius 3 is 2.50 bits per heavy atom. The topological polar surface area (TPSA) is 72.5 Å². The number of hydrogen-bond acceptors (Lipinski definition) is 3. The molecule has 0 amide bonds. The molecule has 100 valence electrons. The van der Waals surface area contributed by atoms with Crippen molar-refractivity contribution < 1.29 is 14.6 Å². The molecule has 1 rings (SSSR count). The molecule has 0 aliphatic heterocycles. The number of benzene rings is 1. The molecule has 0 fully saturated rings. The van der Waals surface area contributed by atoms with Crippen LogP contribution in [0.5, 0.6) is 5.75 Å². The monoisotopic (exact) mass is 251 g/mol. The zero-order valence-electron chi connectivity index (χ0n) is 11.4. The van der Waals surface area contributed by atoms with Crippen molar-refractivity contribution in [3.8, 4) is 5.75 Å². The first kappa shape index (κ1) is 14.5. The minimum atomic E-state index is -0.897. The Labute approximate surface area is 108 Å². The molecule has 0 saturated heterocycles. The third-order valence-electron chi connectivity index (χ3n) is 2.96. The highest BCUT2D eigenvalue weighted by atomic mass is 16.5. The van der Waals surface area contributed by atoms with Crippen molar-refractivity contribution >= 4 is 5.97 Å². The van der Waals surface area contributed by atoms with Crippen LogP contribution in [0.2, 0.25) is 0 Å². The molecular weight excluding hydrogens is 230 g/mol. The molecule has 1 unspecified atom stereocenters. The van der Waals surface area contributed by atoms with Crippen LogP contribution in [0.25, 0.3) is 0 Å². The molecule has 0 aromatic heterocycles. The van der Waals surface area contributed by atoms with Gasteiger partial charge in [0.05, 0.1) is 13.0 Å². The van der Waals surface area contributed by atoms with E-state index in [4.69, 9.17) is 15.6 Å². The van der Waals surface area contributed by atoms with Crippen LogP contribution in [0.3, 0.4) is 0 Å². The highest BCUT2D eigenvalue weighted by Gasteiger charge is 2.27. The first-order valence-electron chi connectivity index (χ1n) is 6.03. The van der Waals surface area contributed by atoms with Crippen LogP contribution in [-0.4, -0.2) is 17.7 Å². The van der Waals surface area contributed by atoms with Crippen LogP contribution >= 0.6 is 0 Å². The predicted molar refractivity (Wildman–Crippen MR) is 70.9 cm³/mol. The number of ether oxygens (including phenoxy) is 1. The summed E-state index contributed by atoms with van der Waals surface area (Å²) in [6.45, 7) is 8.13. The van der Waals surface area contributed by atoms with Crippen LogP contribution in [0.15, 0.2) is 12.1 Å². The third-order valence-corrected chi connectivity index (χ3v) is 2.96. The van der Waals surface area contributed by atoms with Gasteiger partial charge in [0.25, 0.3) is 0 Å². The molecule has 1 atom stereocenters. The van der Waals surface area contributed by atoms with Gasteiger partial charge in [-0.3, -0.25) is 4.79 Å². The fourth-order valence-corrected chi connectivity index (χ4v) is 2.13. The molecule has 0 radical (unpaired) electrons. The summed E-state index contributed by atoms with van der Waals surface area (Å²) in [5.74, 6) is -0.0733. The number of carboxylic acid groups (broad SMARTS) is 1. The second-order valence-corrected chi connectivity index (χ2v) is 4.85. The zero-order valence-corrected chi connectivity index (χ0v) is 11.4. The van der Waals surface area contributed by atoms with Gasteiger partial charge < -0.3 is 15.6 Å². The summed E-state index contributed by atoms with van der Waals surface area (Å²) in [5, 5.41) is 8.90. The number of carbonyl (C=O) groups is 1. The van der Waals surface area contributed by atoms with Gasteiger partial charge in [-0.2, -0.15) is 0 Å². The Balaban J connectivity index is 3.18. The Bertz CT molecular complexity index is 453. The SMILES string of the molecule is CCOc1cc(C)c(C(C)(N)CC(=O)O)cc1C. The van der Waals surface area contributed by atoms with Crippen molar-refractivity contribution in [2.24, 2.45) is 5.73 Å². The van der Waals surface area contributed by atoms with Crippen molar-refractivity contribution in [3.05, 3.63) is 28.8 Å². The lowest BCUT2D eigenvalue weighted by molar-refractivity contribution is -0.138. The molecule has 0 aliphatic carbocycles. The number of nitrogens with two attached hydrogens (primary N) is 1. The number of rotatable bonds is 5. The highest BCUT2D eigenvalue weighted by molar-refractivity contribution is 5.69. The highest BCUT2D eigenvalue weighted by Crippen LogP contribution is 2.30. The van der Waals surface area contributed by atoms with E-state index in [1.807, 2.05) is 32.9 Å². The van der Waals surface area contributed by atoms with Crippen LogP contribution in [-0.2, 0) is 10.3 Å². The van der Waals surface area contributed by atoms with Gasteiger partial charge in [0.2, 0.25) is 0 Å². The lowest BCUT2D eigenvalue weighted by Crippen LogP contribution is -2.36. The van der Waals surface area contributed by atoms with Crippen LogP contribution in [0.1, 0.15) is 37.0 Å². The van der Waals surface area contributed by atoms with Crippen molar-refractivity contribution in [1.29, 1.82) is 0 Å². The number of aliphatic carboxylic acids is 1. The largest absolute Gasteiger partial charge is 0.494 e. The van der Waals surface area contributed by atoms with Gasteiger partial charge in [-0.05, 0) is 50.5 Å². The maximum absolute atomic E-state index is 10.8. The van der Waals surface area contributed by atoms with Crippen LogP contribution in [0, 0.1) is 13.8 Å². The van der Waals surface area contributed by atoms with E-state index < -0.39 is 11.5 Å². The smallest absolute Gasteiger partial charge is 0.305 e. The van der Waals surface area contributed by atoms with Gasteiger partial charge in [0.15, 0.2) is 0 Å². The second-order valence-electron chi connectivity index (χ2n) is 4.85. The fraction of sp³-hybridized carbons (Fsp3) is 0.500. The van der Waals surface area contributed by atoms with E-state index in [9.17, 15) is 4.79 Å². The zero-order chi connectivity index (χ0) is 13.9. The molecule has 0 heterocycles. The van der Waals surface area contributed by atoms with Gasteiger partial charge in [-0.1, -0.05) is 6.07 Å². The Morgan fingerprint density at radius 1 is 1.39 bits per heavy atom. The van der Waals surface area contributed by atoms with E-state index in [0.29, 0.717) is 6.61 Å². The standard InChI is InChI=1S/C14H21NO3/c1-5-18-12-7-9(2)11(6-10(12)3)14(4,15)8-13(16)17/h6-7H,5,8,15H2,1-4H3,(H,16,17). The lowest BCUT2D eigenvalue weighted by Gasteiger charge is -2.26. The molecule has 1 aromatic rings. The van der Waals surface area contributed by atoms with E-state index in [1.165, 1.54) is 0 Å². The third kappa shape index (κ3) is 3.23. The van der Waals surface area contributed by atoms with Crippen molar-refractivity contribution in [1.82, 2.24) is 0 Å². The van der Waals surface area contributed by atoms with Gasteiger partial charge in [-0.25, -0.2) is 0 Å². The average molecular weight is 251 g/mol. The predicted octanol–water partition coefficient (Wildman–Crippen LogP) is 2.35. The summed E-state index contributed by atoms with van der Waals surface area (Å²) in [4.78, 5) is 10.8. The molecule has 0 saturated carbocycles. The molecule has 1 aromatic carbocycles.